The summed E-state index contributed by atoms with van der Waals surface area (Å²) in [6, 6.07) is 4.25. The van der Waals surface area contributed by atoms with Crippen LogP contribution in [0.3, 0.4) is 0 Å². The van der Waals surface area contributed by atoms with Crippen molar-refractivity contribution in [3.05, 3.63) is 35.7 Å². The minimum absolute atomic E-state index is 0.0120. The van der Waals surface area contributed by atoms with Gasteiger partial charge in [0, 0.05) is 12.1 Å². The number of amides is 1. The van der Waals surface area contributed by atoms with E-state index in [1.165, 1.54) is 12.1 Å². The molecule has 1 saturated heterocycles. The Bertz CT molecular complexity index is 797. The molecule has 2 aromatic rings. The lowest BCUT2D eigenvalue weighted by atomic mass is 10.1. The molecule has 0 bridgehead atoms. The molecule has 2 atom stereocenters. The first kappa shape index (κ1) is 15.2. The van der Waals surface area contributed by atoms with E-state index in [1.807, 2.05) is 4.90 Å². The van der Waals surface area contributed by atoms with Crippen LogP contribution in [0.4, 0.5) is 13.2 Å². The van der Waals surface area contributed by atoms with Gasteiger partial charge in [0.05, 0.1) is 11.6 Å². The Morgan fingerprint density at radius 2 is 1.88 bits per heavy atom. The van der Waals surface area contributed by atoms with Gasteiger partial charge in [-0.25, -0.2) is 0 Å². The van der Waals surface area contributed by atoms with Crippen LogP contribution in [0.25, 0.3) is 11.4 Å². The van der Waals surface area contributed by atoms with Crippen LogP contribution in [0.2, 0.25) is 0 Å². The third kappa shape index (κ3) is 2.12. The van der Waals surface area contributed by atoms with E-state index in [0.29, 0.717) is 11.4 Å². The molecule has 1 fully saturated rings. The van der Waals surface area contributed by atoms with Crippen LogP contribution in [-0.4, -0.2) is 32.1 Å². The second kappa shape index (κ2) is 5.06. The third-order valence-corrected chi connectivity index (χ3v) is 4.77. The smallest absolute Gasteiger partial charge is 0.331 e. The molecule has 0 aliphatic carbocycles. The Morgan fingerprint density at radius 1 is 1.17 bits per heavy atom. The maximum Gasteiger partial charge on any atom is 0.416 e. The molecule has 0 radical (unpaired) electrons. The lowest BCUT2D eigenvalue weighted by Gasteiger charge is -2.34. The molecule has 8 heteroatoms. The highest BCUT2D eigenvalue weighted by Gasteiger charge is 2.42. The zero-order valence-electron chi connectivity index (χ0n) is 12.9. The zero-order chi connectivity index (χ0) is 17.1. The van der Waals surface area contributed by atoms with Gasteiger partial charge in [0.15, 0.2) is 11.6 Å². The van der Waals surface area contributed by atoms with Gasteiger partial charge in [-0.1, -0.05) is 12.1 Å². The highest BCUT2D eigenvalue weighted by molar-refractivity contribution is 5.83. The maximum atomic E-state index is 12.7. The first-order valence-electron chi connectivity index (χ1n) is 7.81. The summed E-state index contributed by atoms with van der Waals surface area (Å²) in [5.41, 5.74) is -0.191. The number of nitrogens with zero attached hydrogens (tertiary/aromatic N) is 4. The van der Waals surface area contributed by atoms with Gasteiger partial charge < -0.3 is 4.90 Å². The Balaban J connectivity index is 1.78. The molecular weight excluding hydrogens is 321 g/mol. The fourth-order valence-electron chi connectivity index (χ4n) is 3.57. The van der Waals surface area contributed by atoms with Gasteiger partial charge >= 0.3 is 6.18 Å². The summed E-state index contributed by atoms with van der Waals surface area (Å²) in [7, 11) is 0. The van der Waals surface area contributed by atoms with Crippen molar-refractivity contribution in [2.45, 2.75) is 38.0 Å². The molecule has 2 aliphatic rings. The topological polar surface area (TPSA) is 51.0 Å². The van der Waals surface area contributed by atoms with Crippen LogP contribution < -0.4 is 0 Å². The standard InChI is InChI=1S/C16H15F3N4O/c1-9-15(24)22-8-2-3-12(22)14-21-20-13(23(9)14)10-4-6-11(7-5-10)16(17,18)19/h4-7,9,12H,2-3,8H2,1H3/t9-,12+/m0/s1. The number of alkyl halides is 3. The number of carbonyl (C=O) groups excluding carboxylic acids is 1. The van der Waals surface area contributed by atoms with Gasteiger partial charge in [-0.2, -0.15) is 13.2 Å². The Morgan fingerprint density at radius 3 is 2.54 bits per heavy atom. The molecule has 24 heavy (non-hydrogen) atoms. The fraction of sp³-hybridized carbons (Fsp3) is 0.438. The van der Waals surface area contributed by atoms with Gasteiger partial charge in [-0.15, -0.1) is 10.2 Å². The van der Waals surface area contributed by atoms with Crippen LogP contribution in [-0.2, 0) is 11.0 Å². The van der Waals surface area contributed by atoms with Gasteiger partial charge in [0.2, 0.25) is 5.91 Å². The first-order chi connectivity index (χ1) is 11.4. The van der Waals surface area contributed by atoms with E-state index < -0.39 is 17.8 Å². The van der Waals surface area contributed by atoms with Gasteiger partial charge in [-0.3, -0.25) is 9.36 Å². The summed E-state index contributed by atoms with van der Waals surface area (Å²) in [6.45, 7) is 2.49. The van der Waals surface area contributed by atoms with Gasteiger partial charge in [-0.05, 0) is 31.9 Å². The number of aromatic nitrogens is 3. The Labute approximate surface area is 136 Å². The SMILES string of the molecule is C[C@H]1C(=O)N2CCC[C@@H]2c2nnc(-c3ccc(C(F)(F)F)cc3)n21. The Hall–Kier alpha value is -2.38. The van der Waals surface area contributed by atoms with Crippen LogP contribution in [0.5, 0.6) is 0 Å². The number of halogens is 3. The molecular formula is C16H15F3N4O. The quantitative estimate of drug-likeness (QED) is 0.803. The minimum Gasteiger partial charge on any atom is -0.331 e. The molecule has 4 rings (SSSR count). The molecule has 0 N–H and O–H groups in total. The summed E-state index contributed by atoms with van der Waals surface area (Å²) in [6.07, 6.45) is -2.62. The normalized spacial score (nSPS) is 23.3. The number of rotatable bonds is 1. The minimum atomic E-state index is -4.38. The van der Waals surface area contributed by atoms with Crippen molar-refractivity contribution in [1.82, 2.24) is 19.7 Å². The molecule has 0 spiro atoms. The van der Waals surface area contributed by atoms with E-state index >= 15 is 0 Å². The number of hydrogen-bond donors (Lipinski definition) is 0. The lowest BCUT2D eigenvalue weighted by Crippen LogP contribution is -2.42. The number of benzene rings is 1. The summed E-state index contributed by atoms with van der Waals surface area (Å²) < 4.78 is 39.9. The second-order valence-corrected chi connectivity index (χ2v) is 6.19. The molecule has 2 aliphatic heterocycles. The highest BCUT2D eigenvalue weighted by Crippen LogP contribution is 2.40. The largest absolute Gasteiger partial charge is 0.416 e. The Kier molecular flexibility index (Phi) is 3.20. The molecule has 126 valence electrons. The molecule has 0 unspecified atom stereocenters. The van der Waals surface area contributed by atoms with E-state index in [9.17, 15) is 18.0 Å². The van der Waals surface area contributed by atoms with Crippen LogP contribution >= 0.6 is 0 Å². The van der Waals surface area contributed by atoms with Crippen LogP contribution in [0, 0.1) is 0 Å². The van der Waals surface area contributed by atoms with Gasteiger partial charge in [0.1, 0.15) is 6.04 Å². The molecule has 0 saturated carbocycles. The van der Waals surface area contributed by atoms with Crippen molar-refractivity contribution >= 4 is 5.91 Å². The molecule has 1 aromatic heterocycles. The van der Waals surface area contributed by atoms with E-state index in [0.717, 1.165) is 37.3 Å². The van der Waals surface area contributed by atoms with Gasteiger partial charge in [0.25, 0.3) is 0 Å². The maximum absolute atomic E-state index is 12.7. The van der Waals surface area contributed by atoms with Crippen molar-refractivity contribution < 1.29 is 18.0 Å². The monoisotopic (exact) mass is 336 g/mol. The van der Waals surface area contributed by atoms with Crippen molar-refractivity contribution in [3.63, 3.8) is 0 Å². The summed E-state index contributed by atoms with van der Waals surface area (Å²) in [4.78, 5) is 14.4. The van der Waals surface area contributed by atoms with Crippen LogP contribution in [0.15, 0.2) is 24.3 Å². The fourth-order valence-corrected chi connectivity index (χ4v) is 3.57. The second-order valence-electron chi connectivity index (χ2n) is 6.19. The third-order valence-electron chi connectivity index (χ3n) is 4.77. The summed E-state index contributed by atoms with van der Waals surface area (Å²) in [5.74, 6) is 1.17. The molecule has 1 aromatic carbocycles. The predicted octanol–water partition coefficient (Wildman–Crippen LogP) is 3.20. The van der Waals surface area contributed by atoms with E-state index in [1.54, 1.807) is 11.5 Å². The van der Waals surface area contributed by atoms with E-state index in [4.69, 9.17) is 0 Å². The number of fused-ring (bicyclic) bond motifs is 3. The highest BCUT2D eigenvalue weighted by atomic mass is 19.4. The average molecular weight is 336 g/mol. The van der Waals surface area contributed by atoms with Crippen molar-refractivity contribution in [2.24, 2.45) is 0 Å². The van der Waals surface area contributed by atoms with Crippen LogP contribution in [0.1, 0.15) is 43.2 Å². The van der Waals surface area contributed by atoms with E-state index in [2.05, 4.69) is 10.2 Å². The molecule has 3 heterocycles. The predicted molar refractivity (Wildman–Crippen MR) is 78.9 cm³/mol. The van der Waals surface area contributed by atoms with Crippen molar-refractivity contribution in [2.75, 3.05) is 6.54 Å². The number of carbonyl (C=O) groups is 1. The van der Waals surface area contributed by atoms with Crippen molar-refractivity contribution in [1.29, 1.82) is 0 Å². The number of hydrogen-bond acceptors (Lipinski definition) is 3. The molecule has 5 nitrogen and oxygen atoms in total. The summed E-state index contributed by atoms with van der Waals surface area (Å²) >= 11 is 0. The summed E-state index contributed by atoms with van der Waals surface area (Å²) in [5, 5.41) is 8.39. The first-order valence-corrected chi connectivity index (χ1v) is 7.81. The lowest BCUT2D eigenvalue weighted by molar-refractivity contribution is -0.138. The average Bonchev–Trinajstić information content (AvgIpc) is 3.18. The zero-order valence-corrected chi connectivity index (χ0v) is 12.9. The molecule has 1 amide bonds. The van der Waals surface area contributed by atoms with Crippen molar-refractivity contribution in [3.8, 4) is 11.4 Å². The van der Waals surface area contributed by atoms with E-state index in [-0.39, 0.29) is 11.9 Å².